The van der Waals surface area contributed by atoms with E-state index in [2.05, 4.69) is 0 Å². The van der Waals surface area contributed by atoms with E-state index in [0.29, 0.717) is 57.1 Å². The summed E-state index contributed by atoms with van der Waals surface area (Å²) >= 11 is 0. The van der Waals surface area contributed by atoms with Crippen molar-refractivity contribution < 1.29 is 42.7 Å². The quantitative estimate of drug-likeness (QED) is 0.126. The van der Waals surface area contributed by atoms with Crippen LogP contribution >= 0.6 is 0 Å². The van der Waals surface area contributed by atoms with Crippen molar-refractivity contribution in [3.8, 4) is 62.5 Å². The summed E-state index contributed by atoms with van der Waals surface area (Å²) in [6.07, 6.45) is 1.73. The van der Waals surface area contributed by atoms with Crippen LogP contribution in [0.4, 0.5) is 0 Å². The second-order valence-corrected chi connectivity index (χ2v) is 11.3. The number of methoxy groups -OCH3 is 6. The topological polar surface area (TPSA) is 95.3 Å². The maximum absolute atomic E-state index is 13.8. The number of fused-ring (bicyclic) bond motifs is 3. The van der Waals surface area contributed by atoms with Crippen LogP contribution in [0.15, 0.2) is 54.7 Å². The van der Waals surface area contributed by atoms with Gasteiger partial charge in [-0.3, -0.25) is 0 Å². The molecule has 248 valence electrons. The summed E-state index contributed by atoms with van der Waals surface area (Å²) in [5.41, 5.74) is 3.77. The highest BCUT2D eigenvalue weighted by Gasteiger charge is 2.30. The molecule has 0 saturated carbocycles. The van der Waals surface area contributed by atoms with Gasteiger partial charge >= 0.3 is 5.97 Å². The predicted octanol–water partition coefficient (Wildman–Crippen LogP) is 7.83. The summed E-state index contributed by atoms with van der Waals surface area (Å²) in [5, 5.41) is 1.70. The second kappa shape index (κ2) is 13.6. The summed E-state index contributed by atoms with van der Waals surface area (Å²) in [6, 6.07) is 15.2. The fraction of sp³-hybridized carbons (Fsp3) is 0.324. The molecule has 2 heterocycles. The summed E-state index contributed by atoms with van der Waals surface area (Å²) in [7, 11) is 9.21. The van der Waals surface area contributed by atoms with E-state index in [1.807, 2.05) is 86.8 Å². The van der Waals surface area contributed by atoms with Crippen LogP contribution in [0.1, 0.15) is 38.2 Å². The third kappa shape index (κ3) is 6.03. The van der Waals surface area contributed by atoms with Crippen molar-refractivity contribution in [1.29, 1.82) is 0 Å². The van der Waals surface area contributed by atoms with Gasteiger partial charge in [0.05, 0.1) is 60.4 Å². The highest BCUT2D eigenvalue weighted by molar-refractivity contribution is 6.14. The molecular formula is C37H41NO9. The van der Waals surface area contributed by atoms with Gasteiger partial charge in [-0.1, -0.05) is 6.07 Å². The SMILES string of the molecule is COC(=O)c1c(-c2cc(OC)c(OC)c(OC)c2)c(-c2ccc(OC(C)C)c(OC)c2)c2c3cc(OC)c(OC(C)C)cc3ccn12. The lowest BCUT2D eigenvalue weighted by Crippen LogP contribution is -2.08. The van der Waals surface area contributed by atoms with Gasteiger partial charge in [0.2, 0.25) is 5.75 Å². The molecule has 0 N–H and O–H groups in total. The van der Waals surface area contributed by atoms with Gasteiger partial charge in [0.1, 0.15) is 5.69 Å². The van der Waals surface area contributed by atoms with Crippen LogP contribution in [0.5, 0.6) is 40.2 Å². The van der Waals surface area contributed by atoms with E-state index in [0.717, 1.165) is 27.4 Å². The Bertz CT molecular complexity index is 1920. The molecule has 0 bridgehead atoms. The van der Waals surface area contributed by atoms with Gasteiger partial charge in [0, 0.05) is 22.7 Å². The van der Waals surface area contributed by atoms with Crippen molar-refractivity contribution in [3.63, 3.8) is 0 Å². The molecule has 0 aliphatic rings. The molecule has 3 aromatic carbocycles. The van der Waals surface area contributed by atoms with E-state index in [1.54, 1.807) is 35.5 Å². The first kappa shape index (κ1) is 33.1. The van der Waals surface area contributed by atoms with Crippen LogP contribution in [0.2, 0.25) is 0 Å². The summed E-state index contributed by atoms with van der Waals surface area (Å²) in [4.78, 5) is 13.8. The molecule has 5 aromatic rings. The molecule has 2 aromatic heterocycles. The van der Waals surface area contributed by atoms with E-state index < -0.39 is 5.97 Å². The Morgan fingerprint density at radius 2 is 1.17 bits per heavy atom. The van der Waals surface area contributed by atoms with Gasteiger partial charge in [-0.15, -0.1) is 0 Å². The van der Waals surface area contributed by atoms with Gasteiger partial charge in [-0.25, -0.2) is 4.79 Å². The Hall–Kier alpha value is -5.25. The van der Waals surface area contributed by atoms with Crippen LogP contribution in [0.3, 0.4) is 0 Å². The number of benzene rings is 3. The number of carbonyl (C=O) groups is 1. The Labute approximate surface area is 274 Å². The molecule has 0 unspecified atom stereocenters. The van der Waals surface area contributed by atoms with Gasteiger partial charge in [0.25, 0.3) is 0 Å². The van der Waals surface area contributed by atoms with Crippen LogP contribution < -0.4 is 33.2 Å². The maximum atomic E-state index is 13.8. The number of pyridine rings is 1. The number of ether oxygens (including phenoxy) is 8. The minimum atomic E-state index is -0.534. The zero-order valence-corrected chi connectivity index (χ0v) is 28.5. The monoisotopic (exact) mass is 643 g/mol. The van der Waals surface area contributed by atoms with E-state index >= 15 is 0 Å². The van der Waals surface area contributed by atoms with Crippen molar-refractivity contribution in [2.45, 2.75) is 39.9 Å². The zero-order chi connectivity index (χ0) is 34.0. The Balaban J connectivity index is 2.01. The third-order valence-electron chi connectivity index (χ3n) is 7.71. The molecule has 0 saturated heterocycles. The van der Waals surface area contributed by atoms with E-state index in [-0.39, 0.29) is 12.2 Å². The van der Waals surface area contributed by atoms with Crippen LogP contribution in [0.25, 0.3) is 38.5 Å². The molecule has 0 aliphatic heterocycles. The standard InChI is InChI=1S/C37H41NO9/c1-20(2)46-26-12-11-23(16-27(26)40-5)32-33(24-17-30(42-7)36(44-9)31(18-24)43-8)35(37(39)45-10)38-14-13-22-15-29(47-21(3)4)28(41-6)19-25(22)34(32)38/h11-21H,1-10H3. The molecule has 0 radical (unpaired) electrons. The molecule has 0 aliphatic carbocycles. The summed E-state index contributed by atoms with van der Waals surface area (Å²) < 4.78 is 48.1. The molecule has 0 atom stereocenters. The number of hydrogen-bond acceptors (Lipinski definition) is 9. The summed E-state index contributed by atoms with van der Waals surface area (Å²) in [6.45, 7) is 7.84. The Morgan fingerprint density at radius 3 is 1.72 bits per heavy atom. The Morgan fingerprint density at radius 1 is 0.596 bits per heavy atom. The number of aromatic nitrogens is 1. The van der Waals surface area contributed by atoms with Gasteiger partial charge in [-0.2, -0.15) is 0 Å². The van der Waals surface area contributed by atoms with E-state index in [4.69, 9.17) is 37.9 Å². The molecule has 0 amide bonds. The molecule has 10 nitrogen and oxygen atoms in total. The number of carbonyl (C=O) groups excluding carboxylic acids is 1. The largest absolute Gasteiger partial charge is 0.493 e. The normalized spacial score (nSPS) is 11.2. The molecule has 10 heteroatoms. The molecular weight excluding hydrogens is 602 g/mol. The summed E-state index contributed by atoms with van der Waals surface area (Å²) in [5.74, 6) is 3.05. The molecule has 0 fully saturated rings. The lowest BCUT2D eigenvalue weighted by molar-refractivity contribution is 0.0594. The average molecular weight is 644 g/mol. The van der Waals surface area contributed by atoms with Crippen molar-refractivity contribution in [3.05, 3.63) is 60.4 Å². The van der Waals surface area contributed by atoms with E-state index in [9.17, 15) is 4.79 Å². The number of nitrogens with zero attached hydrogens (tertiary/aromatic N) is 1. The first-order chi connectivity index (χ1) is 22.6. The molecule has 5 rings (SSSR count). The number of rotatable bonds is 12. The van der Waals surface area contributed by atoms with Crippen LogP contribution in [-0.2, 0) is 4.74 Å². The number of esters is 1. The Kier molecular flexibility index (Phi) is 9.60. The first-order valence-electron chi connectivity index (χ1n) is 15.2. The highest BCUT2D eigenvalue weighted by atomic mass is 16.5. The zero-order valence-electron chi connectivity index (χ0n) is 28.5. The van der Waals surface area contributed by atoms with E-state index in [1.165, 1.54) is 7.11 Å². The van der Waals surface area contributed by atoms with Crippen LogP contribution in [0, 0.1) is 0 Å². The molecule has 47 heavy (non-hydrogen) atoms. The minimum absolute atomic E-state index is 0.0643. The minimum Gasteiger partial charge on any atom is -0.493 e. The fourth-order valence-corrected chi connectivity index (χ4v) is 5.84. The average Bonchev–Trinajstić information content (AvgIpc) is 3.42. The fourth-order valence-electron chi connectivity index (χ4n) is 5.84. The maximum Gasteiger partial charge on any atom is 0.355 e. The van der Waals surface area contributed by atoms with Crippen molar-refractivity contribution >= 4 is 22.3 Å². The second-order valence-electron chi connectivity index (χ2n) is 11.3. The lowest BCUT2D eigenvalue weighted by atomic mass is 9.93. The molecule has 0 spiro atoms. The highest BCUT2D eigenvalue weighted by Crippen LogP contribution is 2.49. The van der Waals surface area contributed by atoms with Crippen LogP contribution in [-0.4, -0.2) is 65.2 Å². The number of hydrogen-bond donors (Lipinski definition) is 0. The van der Waals surface area contributed by atoms with Crippen molar-refractivity contribution in [1.82, 2.24) is 4.40 Å². The predicted molar refractivity (Wildman–Crippen MR) is 181 cm³/mol. The van der Waals surface area contributed by atoms with Gasteiger partial charge in [0.15, 0.2) is 34.5 Å². The smallest absolute Gasteiger partial charge is 0.355 e. The van der Waals surface area contributed by atoms with Gasteiger partial charge < -0.3 is 42.3 Å². The van der Waals surface area contributed by atoms with Crippen molar-refractivity contribution in [2.75, 3.05) is 42.7 Å². The van der Waals surface area contributed by atoms with Gasteiger partial charge in [-0.05, 0) is 86.7 Å². The third-order valence-corrected chi connectivity index (χ3v) is 7.71. The van der Waals surface area contributed by atoms with Crippen molar-refractivity contribution in [2.24, 2.45) is 0 Å². The first-order valence-corrected chi connectivity index (χ1v) is 15.2. The lowest BCUT2D eigenvalue weighted by Gasteiger charge is -2.17.